The topological polar surface area (TPSA) is 0 Å². The molecule has 0 saturated heterocycles. The van der Waals surface area contributed by atoms with Crippen molar-refractivity contribution >= 4 is 0 Å². The maximum Gasteiger partial charge on any atom is -0.0185 e. The highest BCUT2D eigenvalue weighted by molar-refractivity contribution is 5.10. The zero-order valence-corrected chi connectivity index (χ0v) is 18.7. The summed E-state index contributed by atoms with van der Waals surface area (Å²) in [6, 6.07) is 0. The summed E-state index contributed by atoms with van der Waals surface area (Å²) < 4.78 is 0. The van der Waals surface area contributed by atoms with Gasteiger partial charge in [0.25, 0.3) is 0 Å². The van der Waals surface area contributed by atoms with Crippen LogP contribution in [0.4, 0.5) is 0 Å². The van der Waals surface area contributed by atoms with Crippen molar-refractivity contribution in [3.8, 4) is 0 Å². The molecular weight excluding hydrogens is 312 g/mol. The second-order valence-electron chi connectivity index (χ2n) is 10.9. The average molecular weight is 361 g/mol. The van der Waals surface area contributed by atoms with Gasteiger partial charge in [-0.05, 0) is 79.4 Å². The molecule has 0 N–H and O–H groups in total. The van der Waals surface area contributed by atoms with E-state index in [1.165, 1.54) is 109 Å². The maximum atomic E-state index is 2.78. The van der Waals surface area contributed by atoms with Gasteiger partial charge in [-0.2, -0.15) is 0 Å². The van der Waals surface area contributed by atoms with E-state index in [0.29, 0.717) is 16.2 Å². The zero-order chi connectivity index (χ0) is 18.7. The number of rotatable bonds is 6. The molecule has 0 aliphatic heterocycles. The fraction of sp³-hybridized carbons (Fsp3) is 1.00. The van der Waals surface area contributed by atoms with E-state index in [-0.39, 0.29) is 0 Å². The van der Waals surface area contributed by atoms with Crippen molar-refractivity contribution in [2.75, 3.05) is 0 Å². The molecule has 0 aromatic heterocycles. The van der Waals surface area contributed by atoms with E-state index < -0.39 is 0 Å². The van der Waals surface area contributed by atoms with Crippen molar-refractivity contribution in [2.24, 2.45) is 28.1 Å². The highest BCUT2D eigenvalue weighted by Crippen LogP contribution is 2.69. The Kier molecular flexibility index (Phi) is 6.83. The molecule has 0 aromatic rings. The molecule has 0 radical (unpaired) electrons. The average Bonchev–Trinajstić information content (AvgIpc) is 2.74. The molecule has 26 heavy (non-hydrogen) atoms. The molecule has 2 atom stereocenters. The summed E-state index contributed by atoms with van der Waals surface area (Å²) >= 11 is 0. The van der Waals surface area contributed by atoms with Crippen LogP contribution in [0.3, 0.4) is 0 Å². The van der Waals surface area contributed by atoms with Gasteiger partial charge in [0.2, 0.25) is 0 Å². The Balaban J connectivity index is 2.03. The predicted octanol–water partition coefficient (Wildman–Crippen LogP) is 8.93. The lowest BCUT2D eigenvalue weighted by Crippen LogP contribution is -2.58. The molecule has 0 spiro atoms. The molecule has 0 amide bonds. The first-order valence-electron chi connectivity index (χ1n) is 12.5. The molecule has 2 unspecified atom stereocenters. The first-order chi connectivity index (χ1) is 12.5. The van der Waals surface area contributed by atoms with Gasteiger partial charge in [-0.3, -0.25) is 0 Å². The standard InChI is InChI=1S/C26H48/c1-5-24(3,22-16-10-7-11-17-22)26(20-14-9-15-21-26)25(4,6-2)23-18-12-8-13-19-23/h22-23H,5-21H2,1-4H3. The maximum absolute atomic E-state index is 2.78. The van der Waals surface area contributed by atoms with Crippen LogP contribution in [0.15, 0.2) is 0 Å². The lowest BCUT2D eigenvalue weighted by Gasteiger charge is -2.66. The van der Waals surface area contributed by atoms with Gasteiger partial charge in [-0.1, -0.05) is 85.5 Å². The molecule has 3 aliphatic carbocycles. The van der Waals surface area contributed by atoms with E-state index in [2.05, 4.69) is 27.7 Å². The second kappa shape index (κ2) is 8.57. The van der Waals surface area contributed by atoms with Gasteiger partial charge in [0.15, 0.2) is 0 Å². The van der Waals surface area contributed by atoms with Crippen LogP contribution in [0.5, 0.6) is 0 Å². The Morgan fingerprint density at radius 3 is 1.27 bits per heavy atom. The van der Waals surface area contributed by atoms with Crippen molar-refractivity contribution < 1.29 is 0 Å². The summed E-state index contributed by atoms with van der Waals surface area (Å²) in [5.41, 5.74) is 1.73. The molecule has 152 valence electrons. The van der Waals surface area contributed by atoms with Gasteiger partial charge in [-0.25, -0.2) is 0 Å². The van der Waals surface area contributed by atoms with E-state index >= 15 is 0 Å². The lowest BCUT2D eigenvalue weighted by atomic mass is 9.39. The van der Waals surface area contributed by atoms with Crippen LogP contribution in [-0.2, 0) is 0 Å². The summed E-state index contributed by atoms with van der Waals surface area (Å²) in [6.45, 7) is 10.7. The molecule has 0 aromatic carbocycles. The van der Waals surface area contributed by atoms with Crippen LogP contribution in [0, 0.1) is 28.1 Å². The van der Waals surface area contributed by atoms with Gasteiger partial charge in [0, 0.05) is 0 Å². The summed E-state index contributed by atoms with van der Waals surface area (Å²) in [4.78, 5) is 0. The fourth-order valence-electron chi connectivity index (χ4n) is 8.46. The molecule has 3 rings (SSSR count). The highest BCUT2D eigenvalue weighted by Gasteiger charge is 2.61. The third kappa shape index (κ3) is 3.30. The first kappa shape index (κ1) is 20.7. The summed E-state index contributed by atoms with van der Waals surface area (Å²) in [7, 11) is 0. The van der Waals surface area contributed by atoms with Gasteiger partial charge in [0.05, 0.1) is 0 Å². The molecule has 0 heteroatoms. The smallest absolute Gasteiger partial charge is 0.0185 e. The van der Waals surface area contributed by atoms with Crippen molar-refractivity contribution in [3.05, 3.63) is 0 Å². The Hall–Kier alpha value is 0. The van der Waals surface area contributed by atoms with Gasteiger partial charge < -0.3 is 0 Å². The summed E-state index contributed by atoms with van der Waals surface area (Å²) in [6.07, 6.45) is 25.5. The van der Waals surface area contributed by atoms with Crippen LogP contribution >= 0.6 is 0 Å². The van der Waals surface area contributed by atoms with Crippen molar-refractivity contribution in [1.29, 1.82) is 0 Å². The van der Waals surface area contributed by atoms with Gasteiger partial charge in [-0.15, -0.1) is 0 Å². The van der Waals surface area contributed by atoms with E-state index in [0.717, 1.165) is 11.8 Å². The van der Waals surface area contributed by atoms with Crippen LogP contribution in [0.2, 0.25) is 0 Å². The first-order valence-corrected chi connectivity index (χ1v) is 12.5. The van der Waals surface area contributed by atoms with Gasteiger partial charge >= 0.3 is 0 Å². The Morgan fingerprint density at radius 2 is 0.923 bits per heavy atom. The minimum absolute atomic E-state index is 0.566. The molecule has 0 bridgehead atoms. The largest absolute Gasteiger partial charge is 0.0648 e. The molecule has 3 fully saturated rings. The van der Waals surface area contributed by atoms with Crippen LogP contribution in [-0.4, -0.2) is 0 Å². The lowest BCUT2D eigenvalue weighted by molar-refractivity contribution is -0.168. The minimum Gasteiger partial charge on any atom is -0.0648 e. The normalized spacial score (nSPS) is 30.5. The Labute approximate surface area is 165 Å². The van der Waals surface area contributed by atoms with Crippen molar-refractivity contribution in [1.82, 2.24) is 0 Å². The second-order valence-corrected chi connectivity index (χ2v) is 10.9. The minimum atomic E-state index is 0.566. The van der Waals surface area contributed by atoms with E-state index in [1.54, 1.807) is 0 Å². The monoisotopic (exact) mass is 360 g/mol. The summed E-state index contributed by atoms with van der Waals surface area (Å²) in [5, 5.41) is 0. The van der Waals surface area contributed by atoms with E-state index in [4.69, 9.17) is 0 Å². The molecule has 3 saturated carbocycles. The fourth-order valence-corrected chi connectivity index (χ4v) is 8.46. The zero-order valence-electron chi connectivity index (χ0n) is 18.7. The molecule has 0 nitrogen and oxygen atoms in total. The number of hydrogen-bond donors (Lipinski definition) is 0. The van der Waals surface area contributed by atoms with Crippen LogP contribution in [0.25, 0.3) is 0 Å². The Morgan fingerprint density at radius 1 is 0.577 bits per heavy atom. The SMILES string of the molecule is CCC(C)(C1CCCCC1)C1(C(C)(CC)C2CCCCC2)CCCCC1. The van der Waals surface area contributed by atoms with Crippen LogP contribution in [0.1, 0.15) is 137 Å². The third-order valence-electron chi connectivity index (χ3n) is 10.4. The van der Waals surface area contributed by atoms with Crippen LogP contribution < -0.4 is 0 Å². The molecule has 0 heterocycles. The summed E-state index contributed by atoms with van der Waals surface area (Å²) in [5.74, 6) is 1.99. The Bertz CT molecular complexity index is 385. The van der Waals surface area contributed by atoms with E-state index in [9.17, 15) is 0 Å². The van der Waals surface area contributed by atoms with Crippen molar-refractivity contribution in [3.63, 3.8) is 0 Å². The molecule has 3 aliphatic rings. The number of hydrogen-bond acceptors (Lipinski definition) is 0. The third-order valence-corrected chi connectivity index (χ3v) is 10.4. The predicted molar refractivity (Wildman–Crippen MR) is 115 cm³/mol. The van der Waals surface area contributed by atoms with E-state index in [1.807, 2.05) is 0 Å². The molecular formula is C26H48. The quantitative estimate of drug-likeness (QED) is 0.443. The van der Waals surface area contributed by atoms with Gasteiger partial charge in [0.1, 0.15) is 0 Å². The highest BCUT2D eigenvalue weighted by atomic mass is 14.7. The van der Waals surface area contributed by atoms with Crippen molar-refractivity contribution in [2.45, 2.75) is 137 Å².